The van der Waals surface area contributed by atoms with Gasteiger partial charge < -0.3 is 14.9 Å². The molecule has 0 radical (unpaired) electrons. The lowest BCUT2D eigenvalue weighted by Crippen LogP contribution is -2.43. The van der Waals surface area contributed by atoms with E-state index in [2.05, 4.69) is 10.1 Å². The van der Waals surface area contributed by atoms with Crippen LogP contribution in [0.25, 0.3) is 11.1 Å². The van der Waals surface area contributed by atoms with Gasteiger partial charge in [-0.15, -0.1) is 0 Å². The highest BCUT2D eigenvalue weighted by Crippen LogP contribution is 2.24. The van der Waals surface area contributed by atoms with Crippen LogP contribution >= 0.6 is 0 Å². The molecule has 0 bridgehead atoms. The number of fused-ring (bicyclic) bond motifs is 1. The number of rotatable bonds is 4. The third kappa shape index (κ3) is 3.76. The van der Waals surface area contributed by atoms with E-state index >= 15 is 0 Å². The molecule has 0 aliphatic heterocycles. The van der Waals surface area contributed by atoms with Gasteiger partial charge in [-0.3, -0.25) is 4.79 Å². The number of carbonyl (C=O) groups excluding carboxylic acids is 1. The molecule has 2 aromatic rings. The van der Waals surface area contributed by atoms with Gasteiger partial charge in [-0.2, -0.15) is 13.2 Å². The molecule has 10 heteroatoms. The van der Waals surface area contributed by atoms with Gasteiger partial charge in [0.2, 0.25) is 0 Å². The number of alkyl halides is 3. The Kier molecular flexibility index (Phi) is 4.26. The topological polar surface area (TPSA) is 105 Å². The van der Waals surface area contributed by atoms with E-state index in [9.17, 15) is 22.8 Å². The van der Waals surface area contributed by atoms with E-state index in [0.29, 0.717) is 11.4 Å². The second-order valence-electron chi connectivity index (χ2n) is 4.94. The third-order valence-corrected chi connectivity index (χ3v) is 3.03. The van der Waals surface area contributed by atoms with Gasteiger partial charge in [-0.25, -0.2) is 9.78 Å². The summed E-state index contributed by atoms with van der Waals surface area (Å²) >= 11 is 0. The lowest BCUT2D eigenvalue weighted by atomic mass is 10.1. The summed E-state index contributed by atoms with van der Waals surface area (Å²) in [5.74, 6) is -2.75. The summed E-state index contributed by atoms with van der Waals surface area (Å²) in [6, 6.07) is -0.764. The second-order valence-corrected chi connectivity index (χ2v) is 4.94. The zero-order chi connectivity index (χ0) is 17.4. The standard InChI is InChI=1S/C13H12F3N3O4/c1-5-3-7(9-6(2)19-23-11(9)17-5)10(20)18-8(12(21)22)4-13(14,15)16/h3,8H,4H2,1-2H3,(H,18,20)(H,21,22). The van der Waals surface area contributed by atoms with Crippen LogP contribution in [0.1, 0.15) is 28.2 Å². The van der Waals surface area contributed by atoms with Crippen LogP contribution in [0.2, 0.25) is 0 Å². The summed E-state index contributed by atoms with van der Waals surface area (Å²) in [7, 11) is 0. The van der Waals surface area contributed by atoms with Crippen LogP contribution in [0.15, 0.2) is 10.6 Å². The number of hydrogen-bond acceptors (Lipinski definition) is 5. The molecule has 2 heterocycles. The first-order chi connectivity index (χ1) is 10.6. The maximum absolute atomic E-state index is 12.4. The predicted octanol–water partition coefficient (Wildman–Crippen LogP) is 1.98. The molecule has 1 amide bonds. The SMILES string of the molecule is Cc1cc(C(=O)NC(CC(F)(F)F)C(=O)O)c2c(C)noc2n1. The first-order valence-corrected chi connectivity index (χ1v) is 6.42. The van der Waals surface area contributed by atoms with E-state index < -0.39 is 30.5 Å². The zero-order valence-electron chi connectivity index (χ0n) is 12.1. The van der Waals surface area contributed by atoms with Gasteiger partial charge in [-0.05, 0) is 19.9 Å². The number of carboxylic acid groups (broad SMARTS) is 1. The minimum atomic E-state index is -4.73. The molecule has 0 aliphatic rings. The summed E-state index contributed by atoms with van der Waals surface area (Å²) in [6.45, 7) is 3.09. The molecule has 124 valence electrons. The van der Waals surface area contributed by atoms with Gasteiger partial charge in [-0.1, -0.05) is 5.16 Å². The summed E-state index contributed by atoms with van der Waals surface area (Å²) < 4.78 is 42.1. The molecule has 1 unspecified atom stereocenters. The maximum Gasteiger partial charge on any atom is 0.391 e. The van der Waals surface area contributed by atoms with Crippen molar-refractivity contribution in [1.82, 2.24) is 15.5 Å². The fraction of sp³-hybridized carbons (Fsp3) is 0.385. The highest BCUT2D eigenvalue weighted by atomic mass is 19.4. The molecule has 0 fully saturated rings. The van der Waals surface area contributed by atoms with Gasteiger partial charge in [0.1, 0.15) is 6.04 Å². The number of pyridine rings is 1. The monoisotopic (exact) mass is 331 g/mol. The predicted molar refractivity (Wildman–Crippen MR) is 70.8 cm³/mol. The van der Waals surface area contributed by atoms with E-state index in [4.69, 9.17) is 9.63 Å². The van der Waals surface area contributed by atoms with Crippen LogP contribution in [0, 0.1) is 13.8 Å². The van der Waals surface area contributed by atoms with Crippen molar-refractivity contribution in [1.29, 1.82) is 0 Å². The number of nitrogens with one attached hydrogen (secondary N) is 1. The average molecular weight is 331 g/mol. The fourth-order valence-electron chi connectivity index (χ4n) is 2.06. The molecule has 0 saturated heterocycles. The van der Waals surface area contributed by atoms with Crippen molar-refractivity contribution in [2.75, 3.05) is 0 Å². The Bertz CT molecular complexity index is 770. The van der Waals surface area contributed by atoms with E-state index in [1.54, 1.807) is 6.92 Å². The van der Waals surface area contributed by atoms with Crippen molar-refractivity contribution in [3.63, 3.8) is 0 Å². The van der Waals surface area contributed by atoms with Crippen LogP contribution < -0.4 is 5.32 Å². The van der Waals surface area contributed by atoms with Crippen molar-refractivity contribution in [2.45, 2.75) is 32.5 Å². The smallest absolute Gasteiger partial charge is 0.391 e. The zero-order valence-corrected chi connectivity index (χ0v) is 12.1. The third-order valence-electron chi connectivity index (χ3n) is 3.03. The van der Waals surface area contributed by atoms with Gasteiger partial charge in [0.25, 0.3) is 11.6 Å². The number of aryl methyl sites for hydroxylation is 2. The summed E-state index contributed by atoms with van der Waals surface area (Å²) in [6.07, 6.45) is -6.41. The molecule has 2 rings (SSSR count). The summed E-state index contributed by atoms with van der Waals surface area (Å²) in [4.78, 5) is 27.2. The number of hydrogen-bond donors (Lipinski definition) is 2. The average Bonchev–Trinajstić information content (AvgIpc) is 2.76. The molecule has 2 N–H and O–H groups in total. The Morgan fingerprint density at radius 1 is 1.39 bits per heavy atom. The minimum absolute atomic E-state index is 0.0420. The lowest BCUT2D eigenvalue weighted by molar-refractivity contribution is -0.157. The number of carboxylic acids is 1. The number of aromatic nitrogens is 2. The maximum atomic E-state index is 12.4. The first kappa shape index (κ1) is 16.7. The Hall–Kier alpha value is -2.65. The van der Waals surface area contributed by atoms with Crippen molar-refractivity contribution in [2.24, 2.45) is 0 Å². The number of nitrogens with zero attached hydrogens (tertiary/aromatic N) is 2. The minimum Gasteiger partial charge on any atom is -0.480 e. The van der Waals surface area contributed by atoms with E-state index in [-0.39, 0.29) is 16.7 Å². The van der Waals surface area contributed by atoms with Crippen LogP contribution in [-0.2, 0) is 4.79 Å². The molecule has 0 aromatic carbocycles. The van der Waals surface area contributed by atoms with Crippen molar-refractivity contribution >= 4 is 23.0 Å². The Labute approximate surface area is 127 Å². The van der Waals surface area contributed by atoms with Crippen molar-refractivity contribution < 1.29 is 32.4 Å². The first-order valence-electron chi connectivity index (χ1n) is 6.42. The highest BCUT2D eigenvalue weighted by Gasteiger charge is 2.36. The van der Waals surface area contributed by atoms with Gasteiger partial charge in [0, 0.05) is 5.69 Å². The van der Waals surface area contributed by atoms with Crippen LogP contribution in [0.5, 0.6) is 0 Å². The fourth-order valence-corrected chi connectivity index (χ4v) is 2.06. The van der Waals surface area contributed by atoms with Crippen LogP contribution in [0.4, 0.5) is 13.2 Å². The largest absolute Gasteiger partial charge is 0.480 e. The molecule has 0 saturated carbocycles. The van der Waals surface area contributed by atoms with E-state index in [0.717, 1.165) is 0 Å². The molecule has 1 atom stereocenters. The number of amides is 1. The molecule has 23 heavy (non-hydrogen) atoms. The number of carbonyl (C=O) groups is 2. The van der Waals surface area contributed by atoms with Gasteiger partial charge in [0.15, 0.2) is 0 Å². The normalized spacial score (nSPS) is 13.1. The molecule has 0 aliphatic carbocycles. The van der Waals surface area contributed by atoms with E-state index in [1.165, 1.54) is 13.0 Å². The number of halogens is 3. The Balaban J connectivity index is 2.36. The quantitative estimate of drug-likeness (QED) is 0.887. The lowest BCUT2D eigenvalue weighted by Gasteiger charge is -2.16. The molecule has 2 aromatic heterocycles. The van der Waals surface area contributed by atoms with E-state index in [1.807, 2.05) is 5.32 Å². The second kappa shape index (κ2) is 5.86. The Morgan fingerprint density at radius 2 is 2.04 bits per heavy atom. The summed E-state index contributed by atoms with van der Waals surface area (Å²) in [5, 5.41) is 14.6. The molecule has 0 spiro atoms. The van der Waals surface area contributed by atoms with Gasteiger partial charge >= 0.3 is 12.1 Å². The van der Waals surface area contributed by atoms with Crippen molar-refractivity contribution in [3.05, 3.63) is 23.0 Å². The van der Waals surface area contributed by atoms with Gasteiger partial charge in [0.05, 0.1) is 23.1 Å². The van der Waals surface area contributed by atoms with Crippen molar-refractivity contribution in [3.8, 4) is 0 Å². The molecular formula is C13H12F3N3O4. The van der Waals surface area contributed by atoms with Crippen LogP contribution in [0.3, 0.4) is 0 Å². The van der Waals surface area contributed by atoms with Crippen LogP contribution in [-0.4, -0.2) is 39.3 Å². The molecular weight excluding hydrogens is 319 g/mol. The summed E-state index contributed by atoms with van der Waals surface area (Å²) in [5.41, 5.74) is 0.705. The molecule has 7 nitrogen and oxygen atoms in total. The highest BCUT2D eigenvalue weighted by molar-refractivity contribution is 6.07. The number of aliphatic carboxylic acids is 1. The Morgan fingerprint density at radius 3 is 2.61 bits per heavy atom.